The number of nitrogens with one attached hydrogen (secondary N) is 1. The number of benzene rings is 1. The number of nitrogens with two attached hydrogens (primary N) is 1. The van der Waals surface area contributed by atoms with E-state index < -0.39 is 5.41 Å². The fraction of sp³-hybridized carbons (Fsp3) is 0.462. The van der Waals surface area contributed by atoms with E-state index in [0.717, 1.165) is 25.7 Å². The number of amides is 1. The highest BCUT2D eigenvalue weighted by Crippen LogP contribution is 2.39. The highest BCUT2D eigenvalue weighted by molar-refractivity contribution is 9.10. The lowest BCUT2D eigenvalue weighted by molar-refractivity contribution is -0.124. The van der Waals surface area contributed by atoms with Gasteiger partial charge in [0.05, 0.1) is 20.6 Å². The van der Waals surface area contributed by atoms with Gasteiger partial charge in [-0.2, -0.15) is 0 Å². The Morgan fingerprint density at radius 2 is 2.11 bits per heavy atom. The van der Waals surface area contributed by atoms with Crippen LogP contribution in [0.2, 0.25) is 5.02 Å². The Morgan fingerprint density at radius 1 is 1.44 bits per heavy atom. The number of hydrogen-bond donors (Lipinski definition) is 2. The van der Waals surface area contributed by atoms with Crippen molar-refractivity contribution in [1.82, 2.24) is 0 Å². The molecule has 3 N–H and O–H groups in total. The van der Waals surface area contributed by atoms with Crippen LogP contribution in [0.3, 0.4) is 0 Å². The Labute approximate surface area is 120 Å². The molecule has 18 heavy (non-hydrogen) atoms. The van der Waals surface area contributed by atoms with E-state index in [1.54, 1.807) is 6.07 Å². The lowest BCUT2D eigenvalue weighted by Crippen LogP contribution is -2.40. The summed E-state index contributed by atoms with van der Waals surface area (Å²) in [4.78, 5) is 12.4. The van der Waals surface area contributed by atoms with E-state index in [1.165, 1.54) is 0 Å². The van der Waals surface area contributed by atoms with Gasteiger partial charge in [-0.25, -0.2) is 0 Å². The summed E-state index contributed by atoms with van der Waals surface area (Å²) in [6, 6.07) is 5.41. The van der Waals surface area contributed by atoms with E-state index in [4.69, 9.17) is 17.3 Å². The predicted molar refractivity (Wildman–Crippen MR) is 77.7 cm³/mol. The zero-order chi connectivity index (χ0) is 13.2. The average molecular weight is 332 g/mol. The molecule has 0 radical (unpaired) electrons. The SMILES string of the molecule is NCC1(C(=O)Nc2cccc(Cl)c2Br)CCCC1. The largest absolute Gasteiger partial charge is 0.329 e. The van der Waals surface area contributed by atoms with Crippen molar-refractivity contribution in [2.75, 3.05) is 11.9 Å². The highest BCUT2D eigenvalue weighted by atomic mass is 79.9. The zero-order valence-electron chi connectivity index (χ0n) is 10.0. The summed E-state index contributed by atoms with van der Waals surface area (Å²) in [5.74, 6) is 0.00506. The maximum atomic E-state index is 12.4. The van der Waals surface area contributed by atoms with Crippen molar-refractivity contribution in [3.05, 3.63) is 27.7 Å². The summed E-state index contributed by atoms with van der Waals surface area (Å²) < 4.78 is 0.713. The summed E-state index contributed by atoms with van der Waals surface area (Å²) in [5, 5.41) is 3.52. The minimum absolute atomic E-state index is 0.00506. The average Bonchev–Trinajstić information content (AvgIpc) is 2.85. The number of hydrogen-bond acceptors (Lipinski definition) is 2. The second-order valence-corrected chi connectivity index (χ2v) is 5.95. The van der Waals surface area contributed by atoms with E-state index in [-0.39, 0.29) is 5.91 Å². The molecule has 0 bridgehead atoms. The molecule has 0 heterocycles. The quantitative estimate of drug-likeness (QED) is 0.890. The fourth-order valence-corrected chi connectivity index (χ4v) is 2.97. The number of anilines is 1. The topological polar surface area (TPSA) is 55.1 Å². The first-order valence-corrected chi connectivity index (χ1v) is 7.22. The summed E-state index contributed by atoms with van der Waals surface area (Å²) in [6.45, 7) is 0.400. The minimum atomic E-state index is -0.401. The van der Waals surface area contributed by atoms with Crippen LogP contribution in [0.4, 0.5) is 5.69 Å². The first kappa shape index (κ1) is 13.8. The van der Waals surface area contributed by atoms with E-state index in [9.17, 15) is 4.79 Å². The number of carbonyl (C=O) groups excluding carboxylic acids is 1. The molecule has 0 saturated heterocycles. The summed E-state index contributed by atoms with van der Waals surface area (Å²) in [6.07, 6.45) is 3.88. The van der Waals surface area contributed by atoms with Crippen LogP contribution in [0.25, 0.3) is 0 Å². The molecule has 1 amide bonds. The molecule has 0 aromatic heterocycles. The van der Waals surface area contributed by atoms with Gasteiger partial charge >= 0.3 is 0 Å². The molecule has 2 rings (SSSR count). The third-order valence-electron chi connectivity index (χ3n) is 3.63. The molecule has 5 heteroatoms. The molecule has 0 spiro atoms. The third-order valence-corrected chi connectivity index (χ3v) is 5.03. The minimum Gasteiger partial charge on any atom is -0.329 e. The molecule has 1 aliphatic rings. The van der Waals surface area contributed by atoms with E-state index in [0.29, 0.717) is 21.7 Å². The van der Waals surface area contributed by atoms with Gasteiger partial charge in [-0.05, 0) is 40.9 Å². The van der Waals surface area contributed by atoms with Crippen molar-refractivity contribution >= 4 is 39.1 Å². The lowest BCUT2D eigenvalue weighted by atomic mass is 9.85. The summed E-state index contributed by atoms with van der Waals surface area (Å²) in [7, 11) is 0. The molecule has 1 aromatic rings. The van der Waals surface area contributed by atoms with E-state index in [1.807, 2.05) is 12.1 Å². The second-order valence-electron chi connectivity index (χ2n) is 4.75. The third kappa shape index (κ3) is 2.56. The van der Waals surface area contributed by atoms with Crippen molar-refractivity contribution in [1.29, 1.82) is 0 Å². The van der Waals surface area contributed by atoms with Crippen LogP contribution < -0.4 is 11.1 Å². The van der Waals surface area contributed by atoms with Crippen LogP contribution in [0.1, 0.15) is 25.7 Å². The summed E-state index contributed by atoms with van der Waals surface area (Å²) >= 11 is 9.38. The van der Waals surface area contributed by atoms with Crippen LogP contribution >= 0.6 is 27.5 Å². The maximum absolute atomic E-state index is 12.4. The van der Waals surface area contributed by atoms with Crippen LogP contribution in [0, 0.1) is 5.41 Å². The Morgan fingerprint density at radius 3 is 2.72 bits per heavy atom. The standard InChI is InChI=1S/C13H16BrClN2O/c14-11-9(15)4-3-5-10(11)17-12(18)13(8-16)6-1-2-7-13/h3-5H,1-2,6-8,16H2,(H,17,18). The van der Waals surface area contributed by atoms with E-state index in [2.05, 4.69) is 21.2 Å². The van der Waals surface area contributed by atoms with Crippen molar-refractivity contribution in [3.63, 3.8) is 0 Å². The number of carbonyl (C=O) groups is 1. The number of halogens is 2. The van der Waals surface area contributed by atoms with Crippen molar-refractivity contribution in [3.8, 4) is 0 Å². The van der Waals surface area contributed by atoms with Gasteiger partial charge in [-0.3, -0.25) is 4.79 Å². The Hall–Kier alpha value is -0.580. The molecule has 0 unspecified atom stereocenters. The van der Waals surface area contributed by atoms with Crippen molar-refractivity contribution in [2.24, 2.45) is 11.1 Å². The zero-order valence-corrected chi connectivity index (χ0v) is 12.4. The predicted octanol–water partition coefficient (Wildman–Crippen LogP) is 3.56. The molecule has 1 saturated carbocycles. The monoisotopic (exact) mass is 330 g/mol. The van der Waals surface area contributed by atoms with Gasteiger partial charge in [-0.1, -0.05) is 30.5 Å². The first-order valence-electron chi connectivity index (χ1n) is 6.05. The smallest absolute Gasteiger partial charge is 0.231 e. The Balaban J connectivity index is 2.18. The van der Waals surface area contributed by atoms with Gasteiger partial charge in [0, 0.05) is 6.54 Å². The molecule has 0 atom stereocenters. The van der Waals surface area contributed by atoms with Gasteiger partial charge in [0.25, 0.3) is 0 Å². The Bertz CT molecular complexity index is 458. The second kappa shape index (κ2) is 5.59. The molecule has 1 aliphatic carbocycles. The molecule has 0 aliphatic heterocycles. The van der Waals surface area contributed by atoms with Crippen LogP contribution in [-0.4, -0.2) is 12.5 Å². The fourth-order valence-electron chi connectivity index (χ4n) is 2.43. The van der Waals surface area contributed by atoms with Gasteiger partial charge in [0.15, 0.2) is 0 Å². The van der Waals surface area contributed by atoms with Crippen molar-refractivity contribution < 1.29 is 4.79 Å². The van der Waals surface area contributed by atoms with Gasteiger partial charge in [0.2, 0.25) is 5.91 Å². The molecular weight excluding hydrogens is 316 g/mol. The van der Waals surface area contributed by atoms with Gasteiger partial charge < -0.3 is 11.1 Å². The maximum Gasteiger partial charge on any atom is 0.231 e. The molecule has 98 valence electrons. The lowest BCUT2D eigenvalue weighted by Gasteiger charge is -2.26. The van der Waals surface area contributed by atoms with E-state index >= 15 is 0 Å². The molecular formula is C13H16BrClN2O. The van der Waals surface area contributed by atoms with Crippen LogP contribution in [0.5, 0.6) is 0 Å². The molecule has 1 fully saturated rings. The Kier molecular flexibility index (Phi) is 4.30. The number of rotatable bonds is 3. The van der Waals surface area contributed by atoms with Crippen molar-refractivity contribution in [2.45, 2.75) is 25.7 Å². The normalized spacial score (nSPS) is 17.7. The van der Waals surface area contributed by atoms with Crippen LogP contribution in [0.15, 0.2) is 22.7 Å². The molecule has 3 nitrogen and oxygen atoms in total. The first-order chi connectivity index (χ1) is 8.59. The highest BCUT2D eigenvalue weighted by Gasteiger charge is 2.39. The van der Waals surface area contributed by atoms with Crippen LogP contribution in [-0.2, 0) is 4.79 Å². The summed E-state index contributed by atoms with van der Waals surface area (Å²) in [5.41, 5.74) is 6.09. The van der Waals surface area contributed by atoms with Gasteiger partial charge in [0.1, 0.15) is 0 Å². The van der Waals surface area contributed by atoms with Gasteiger partial charge in [-0.15, -0.1) is 0 Å². The molecule has 1 aromatic carbocycles.